The number of anilines is 1. The van der Waals surface area contributed by atoms with Gasteiger partial charge in [-0.1, -0.05) is 18.2 Å². The zero-order valence-corrected chi connectivity index (χ0v) is 12.4. The Morgan fingerprint density at radius 2 is 1.96 bits per heavy atom. The van der Waals surface area contributed by atoms with Crippen molar-refractivity contribution >= 4 is 17.7 Å². The van der Waals surface area contributed by atoms with Crippen LogP contribution in [0.1, 0.15) is 11.1 Å². The van der Waals surface area contributed by atoms with E-state index in [0.717, 1.165) is 0 Å². The lowest BCUT2D eigenvalue weighted by molar-refractivity contribution is -0.112. The first-order valence-corrected chi connectivity index (χ1v) is 6.73. The van der Waals surface area contributed by atoms with Crippen LogP contribution < -0.4 is 10.1 Å². The summed E-state index contributed by atoms with van der Waals surface area (Å²) in [5, 5.41) is 20.7. The molecular weight excluding hydrogens is 290 g/mol. The fourth-order valence-electron chi connectivity index (χ4n) is 1.91. The van der Waals surface area contributed by atoms with E-state index in [2.05, 4.69) is 5.32 Å². The first-order chi connectivity index (χ1) is 11.2. The van der Waals surface area contributed by atoms with E-state index in [0.29, 0.717) is 22.6 Å². The standard InChI is InChI=1S/C18H13N3O2/c1-23-17-7-3-6-16(10-17)21-18(22)15(12-20)9-13-4-2-5-14(8-13)11-19/h2-10H,1H3,(H,21,22)/b15-9+. The number of rotatable bonds is 4. The summed E-state index contributed by atoms with van der Waals surface area (Å²) in [5.74, 6) is 0.0788. The minimum Gasteiger partial charge on any atom is -0.497 e. The topological polar surface area (TPSA) is 85.9 Å². The van der Waals surface area contributed by atoms with Crippen molar-refractivity contribution in [2.24, 2.45) is 0 Å². The van der Waals surface area contributed by atoms with E-state index < -0.39 is 5.91 Å². The maximum Gasteiger partial charge on any atom is 0.266 e. The van der Waals surface area contributed by atoms with Gasteiger partial charge in [0.2, 0.25) is 0 Å². The predicted molar refractivity (Wildman–Crippen MR) is 86.4 cm³/mol. The highest BCUT2D eigenvalue weighted by molar-refractivity contribution is 6.09. The lowest BCUT2D eigenvalue weighted by Gasteiger charge is -2.06. The normalized spacial score (nSPS) is 10.3. The Labute approximate surface area is 134 Å². The second-order valence-corrected chi connectivity index (χ2v) is 4.59. The average Bonchev–Trinajstić information content (AvgIpc) is 2.59. The molecule has 0 spiro atoms. The first-order valence-electron chi connectivity index (χ1n) is 6.73. The molecule has 0 unspecified atom stereocenters. The third kappa shape index (κ3) is 4.20. The second kappa shape index (κ2) is 7.44. The van der Waals surface area contributed by atoms with Crippen LogP contribution in [0.25, 0.3) is 6.08 Å². The molecule has 5 heteroatoms. The van der Waals surface area contributed by atoms with Gasteiger partial charge in [0.1, 0.15) is 17.4 Å². The van der Waals surface area contributed by atoms with E-state index in [1.165, 1.54) is 13.2 Å². The fraction of sp³-hybridized carbons (Fsp3) is 0.0556. The fourth-order valence-corrected chi connectivity index (χ4v) is 1.91. The van der Waals surface area contributed by atoms with Crippen LogP contribution in [0, 0.1) is 22.7 Å². The van der Waals surface area contributed by atoms with Gasteiger partial charge in [-0.25, -0.2) is 0 Å². The highest BCUT2D eigenvalue weighted by Gasteiger charge is 2.10. The number of nitriles is 2. The van der Waals surface area contributed by atoms with Crippen LogP contribution in [-0.4, -0.2) is 13.0 Å². The number of methoxy groups -OCH3 is 1. The van der Waals surface area contributed by atoms with Crippen LogP contribution in [-0.2, 0) is 4.79 Å². The zero-order valence-electron chi connectivity index (χ0n) is 12.4. The molecule has 0 radical (unpaired) electrons. The predicted octanol–water partition coefficient (Wildman–Crippen LogP) is 3.11. The van der Waals surface area contributed by atoms with Gasteiger partial charge < -0.3 is 10.1 Å². The number of amides is 1. The third-order valence-corrected chi connectivity index (χ3v) is 3.02. The zero-order chi connectivity index (χ0) is 16.7. The molecule has 23 heavy (non-hydrogen) atoms. The number of nitrogens with zero attached hydrogens (tertiary/aromatic N) is 2. The quantitative estimate of drug-likeness (QED) is 0.694. The van der Waals surface area contributed by atoms with Crippen molar-refractivity contribution in [3.63, 3.8) is 0 Å². The van der Waals surface area contributed by atoms with Gasteiger partial charge in [0.15, 0.2) is 0 Å². The summed E-state index contributed by atoms with van der Waals surface area (Å²) in [6.45, 7) is 0. The smallest absolute Gasteiger partial charge is 0.266 e. The van der Waals surface area contributed by atoms with Gasteiger partial charge in [-0.15, -0.1) is 0 Å². The molecule has 0 aromatic heterocycles. The molecule has 2 aromatic carbocycles. The molecule has 0 heterocycles. The molecule has 1 amide bonds. The number of ether oxygens (including phenoxy) is 1. The molecule has 0 saturated carbocycles. The first kappa shape index (κ1) is 15.8. The van der Waals surface area contributed by atoms with Gasteiger partial charge >= 0.3 is 0 Å². The second-order valence-electron chi connectivity index (χ2n) is 4.59. The maximum atomic E-state index is 12.2. The molecule has 0 saturated heterocycles. The van der Waals surface area contributed by atoms with E-state index in [1.807, 2.05) is 12.1 Å². The molecule has 0 aliphatic rings. The number of nitrogens with one attached hydrogen (secondary N) is 1. The summed E-state index contributed by atoms with van der Waals surface area (Å²) in [4.78, 5) is 12.2. The Bertz CT molecular complexity index is 842. The van der Waals surface area contributed by atoms with Gasteiger partial charge in [0, 0.05) is 11.8 Å². The van der Waals surface area contributed by atoms with Crippen LogP contribution in [0.2, 0.25) is 0 Å². The molecule has 0 fully saturated rings. The number of carbonyl (C=O) groups excluding carboxylic acids is 1. The third-order valence-electron chi connectivity index (χ3n) is 3.02. The van der Waals surface area contributed by atoms with E-state index in [-0.39, 0.29) is 5.57 Å². The van der Waals surface area contributed by atoms with E-state index in [1.54, 1.807) is 48.5 Å². The van der Waals surface area contributed by atoms with Crippen molar-refractivity contribution in [3.8, 4) is 17.9 Å². The van der Waals surface area contributed by atoms with E-state index in [9.17, 15) is 10.1 Å². The van der Waals surface area contributed by atoms with Crippen LogP contribution in [0.4, 0.5) is 5.69 Å². The number of benzene rings is 2. The molecule has 2 aromatic rings. The van der Waals surface area contributed by atoms with Crippen molar-refractivity contribution in [3.05, 3.63) is 65.2 Å². The molecule has 112 valence electrons. The van der Waals surface area contributed by atoms with Gasteiger partial charge in [-0.3, -0.25) is 4.79 Å². The molecule has 0 atom stereocenters. The Hall–Kier alpha value is -3.57. The summed E-state index contributed by atoms with van der Waals surface area (Å²) in [5.41, 5.74) is 1.55. The summed E-state index contributed by atoms with van der Waals surface area (Å²) in [6, 6.07) is 17.4. The number of hydrogen-bond acceptors (Lipinski definition) is 4. The highest BCUT2D eigenvalue weighted by atomic mass is 16.5. The van der Waals surface area contributed by atoms with Crippen LogP contribution in [0.3, 0.4) is 0 Å². The van der Waals surface area contributed by atoms with Crippen molar-refractivity contribution in [1.82, 2.24) is 0 Å². The lowest BCUT2D eigenvalue weighted by Crippen LogP contribution is -2.13. The Kier molecular flexibility index (Phi) is 5.12. The van der Waals surface area contributed by atoms with Gasteiger partial charge in [-0.05, 0) is 35.9 Å². The van der Waals surface area contributed by atoms with Crippen molar-refractivity contribution in [2.45, 2.75) is 0 Å². The van der Waals surface area contributed by atoms with Crippen molar-refractivity contribution in [2.75, 3.05) is 12.4 Å². The van der Waals surface area contributed by atoms with Gasteiger partial charge in [0.05, 0.1) is 18.7 Å². The molecule has 5 nitrogen and oxygen atoms in total. The molecule has 0 aliphatic carbocycles. The Morgan fingerprint density at radius 1 is 1.17 bits per heavy atom. The molecule has 0 bridgehead atoms. The molecular formula is C18H13N3O2. The number of carbonyl (C=O) groups is 1. The van der Waals surface area contributed by atoms with Crippen molar-refractivity contribution < 1.29 is 9.53 Å². The average molecular weight is 303 g/mol. The number of hydrogen-bond donors (Lipinski definition) is 1. The summed E-state index contributed by atoms with van der Waals surface area (Å²) >= 11 is 0. The van der Waals surface area contributed by atoms with Crippen LogP contribution in [0.5, 0.6) is 5.75 Å². The van der Waals surface area contributed by atoms with Crippen LogP contribution >= 0.6 is 0 Å². The summed E-state index contributed by atoms with van der Waals surface area (Å²) in [6.07, 6.45) is 1.44. The largest absolute Gasteiger partial charge is 0.497 e. The Balaban J connectivity index is 2.23. The van der Waals surface area contributed by atoms with Crippen LogP contribution in [0.15, 0.2) is 54.1 Å². The van der Waals surface area contributed by atoms with E-state index in [4.69, 9.17) is 10.00 Å². The molecule has 1 N–H and O–H groups in total. The SMILES string of the molecule is COc1cccc(NC(=O)/C(C#N)=C/c2cccc(C#N)c2)c1. The highest BCUT2D eigenvalue weighted by Crippen LogP contribution is 2.18. The van der Waals surface area contributed by atoms with Gasteiger partial charge in [0.25, 0.3) is 5.91 Å². The van der Waals surface area contributed by atoms with E-state index >= 15 is 0 Å². The van der Waals surface area contributed by atoms with Crippen molar-refractivity contribution in [1.29, 1.82) is 10.5 Å². The monoisotopic (exact) mass is 303 g/mol. The summed E-state index contributed by atoms with van der Waals surface area (Å²) < 4.78 is 5.08. The minimum atomic E-state index is -0.525. The minimum absolute atomic E-state index is 0.0529. The summed E-state index contributed by atoms with van der Waals surface area (Å²) in [7, 11) is 1.53. The molecule has 0 aliphatic heterocycles. The maximum absolute atomic E-state index is 12.2. The Morgan fingerprint density at radius 3 is 2.65 bits per heavy atom. The van der Waals surface area contributed by atoms with Gasteiger partial charge in [-0.2, -0.15) is 10.5 Å². The molecule has 2 rings (SSSR count). The lowest BCUT2D eigenvalue weighted by atomic mass is 10.1.